The predicted octanol–water partition coefficient (Wildman–Crippen LogP) is 3.62. The summed E-state index contributed by atoms with van der Waals surface area (Å²) in [6, 6.07) is 10.6. The van der Waals surface area contributed by atoms with Crippen LogP contribution >= 0.6 is 0 Å². The lowest BCUT2D eigenvalue weighted by molar-refractivity contribution is -0.0984. The number of allylic oxidation sites excluding steroid dienone is 2. The molecule has 1 aromatic rings. The maximum absolute atomic E-state index is 11.4. The first-order valence-electron chi connectivity index (χ1n) is 9.38. The molecule has 4 heteroatoms. The Morgan fingerprint density at radius 2 is 2.08 bits per heavy atom. The van der Waals surface area contributed by atoms with Crippen molar-refractivity contribution in [2.24, 2.45) is 22.2 Å². The SMILES string of the molecule is C[C@]12CC[C@H](c3ccccc3)C[C@@]1(O)CC[C@@H]2/C=C/C=N/OCCN. The summed E-state index contributed by atoms with van der Waals surface area (Å²) in [5, 5.41) is 15.3. The minimum absolute atomic E-state index is 0.0548. The monoisotopic (exact) mass is 342 g/mol. The number of oxime groups is 1. The smallest absolute Gasteiger partial charge is 0.129 e. The van der Waals surface area contributed by atoms with Gasteiger partial charge in [-0.3, -0.25) is 0 Å². The molecule has 2 aliphatic rings. The summed E-state index contributed by atoms with van der Waals surface area (Å²) in [7, 11) is 0. The van der Waals surface area contributed by atoms with E-state index >= 15 is 0 Å². The zero-order valence-electron chi connectivity index (χ0n) is 15.1. The molecule has 0 aromatic heterocycles. The van der Waals surface area contributed by atoms with Crippen molar-refractivity contribution in [3.63, 3.8) is 0 Å². The first-order chi connectivity index (χ1) is 12.1. The van der Waals surface area contributed by atoms with Crippen LogP contribution in [-0.4, -0.2) is 30.1 Å². The molecule has 0 spiro atoms. The fraction of sp³-hybridized carbons (Fsp3) is 0.571. The number of nitrogens with two attached hydrogens (primary N) is 1. The minimum atomic E-state index is -0.575. The molecule has 0 unspecified atom stereocenters. The number of benzene rings is 1. The van der Waals surface area contributed by atoms with Crippen molar-refractivity contribution in [3.8, 4) is 0 Å². The molecular formula is C21H30N2O2. The van der Waals surface area contributed by atoms with Gasteiger partial charge in [-0.05, 0) is 55.6 Å². The molecule has 0 amide bonds. The van der Waals surface area contributed by atoms with E-state index in [1.807, 2.05) is 6.08 Å². The number of hydrogen-bond donors (Lipinski definition) is 2. The largest absolute Gasteiger partial charge is 0.394 e. The fourth-order valence-electron chi connectivity index (χ4n) is 4.77. The average Bonchev–Trinajstić information content (AvgIpc) is 2.89. The molecule has 0 aliphatic heterocycles. The molecular weight excluding hydrogens is 312 g/mol. The Kier molecular flexibility index (Phi) is 5.60. The van der Waals surface area contributed by atoms with E-state index < -0.39 is 5.60 Å². The third kappa shape index (κ3) is 3.65. The second-order valence-electron chi connectivity index (χ2n) is 7.71. The van der Waals surface area contributed by atoms with Gasteiger partial charge in [-0.1, -0.05) is 48.5 Å². The van der Waals surface area contributed by atoms with E-state index in [4.69, 9.17) is 10.6 Å². The lowest BCUT2D eigenvalue weighted by atomic mass is 9.59. The van der Waals surface area contributed by atoms with Crippen LogP contribution in [0.3, 0.4) is 0 Å². The van der Waals surface area contributed by atoms with Crippen molar-refractivity contribution < 1.29 is 9.94 Å². The van der Waals surface area contributed by atoms with Gasteiger partial charge in [-0.25, -0.2) is 0 Å². The summed E-state index contributed by atoms with van der Waals surface area (Å²) in [5.41, 5.74) is 6.09. The molecule has 0 bridgehead atoms. The molecule has 3 N–H and O–H groups in total. The Labute approximate surface area is 150 Å². The molecule has 1 aromatic carbocycles. The van der Waals surface area contributed by atoms with Crippen LogP contribution in [0.4, 0.5) is 0 Å². The van der Waals surface area contributed by atoms with Gasteiger partial charge in [0.2, 0.25) is 0 Å². The van der Waals surface area contributed by atoms with Gasteiger partial charge in [0.25, 0.3) is 0 Å². The van der Waals surface area contributed by atoms with Crippen molar-refractivity contribution >= 4 is 6.21 Å². The molecule has 25 heavy (non-hydrogen) atoms. The third-order valence-corrected chi connectivity index (χ3v) is 6.39. The number of aliphatic hydroxyl groups is 1. The Morgan fingerprint density at radius 1 is 1.28 bits per heavy atom. The van der Waals surface area contributed by atoms with Gasteiger partial charge in [0.1, 0.15) is 6.61 Å². The second-order valence-corrected chi connectivity index (χ2v) is 7.71. The maximum Gasteiger partial charge on any atom is 0.129 e. The molecule has 4 atom stereocenters. The normalized spacial score (nSPS) is 35.3. The van der Waals surface area contributed by atoms with Gasteiger partial charge in [0.05, 0.1) is 11.8 Å². The Hall–Kier alpha value is -1.65. The van der Waals surface area contributed by atoms with E-state index in [2.05, 4.69) is 48.5 Å². The number of fused-ring (bicyclic) bond motifs is 1. The van der Waals surface area contributed by atoms with Crippen molar-refractivity contribution in [2.75, 3.05) is 13.2 Å². The van der Waals surface area contributed by atoms with Gasteiger partial charge in [-0.15, -0.1) is 0 Å². The van der Waals surface area contributed by atoms with Gasteiger partial charge < -0.3 is 15.7 Å². The first kappa shape index (κ1) is 18.2. The highest BCUT2D eigenvalue weighted by molar-refractivity contribution is 5.70. The van der Waals surface area contributed by atoms with Crippen molar-refractivity contribution in [1.82, 2.24) is 0 Å². The maximum atomic E-state index is 11.4. The van der Waals surface area contributed by atoms with Crippen molar-refractivity contribution in [1.29, 1.82) is 0 Å². The van der Waals surface area contributed by atoms with Crippen LogP contribution in [0.5, 0.6) is 0 Å². The van der Waals surface area contributed by atoms with E-state index in [0.29, 0.717) is 25.0 Å². The molecule has 0 radical (unpaired) electrons. The topological polar surface area (TPSA) is 67.8 Å². The van der Waals surface area contributed by atoms with E-state index in [0.717, 1.165) is 32.1 Å². The van der Waals surface area contributed by atoms with Crippen LogP contribution in [0.1, 0.15) is 50.5 Å². The summed E-state index contributed by atoms with van der Waals surface area (Å²) >= 11 is 0. The van der Waals surface area contributed by atoms with Gasteiger partial charge in [-0.2, -0.15) is 0 Å². The number of rotatable bonds is 6. The zero-order chi connectivity index (χ0) is 17.8. The van der Waals surface area contributed by atoms with Crippen LogP contribution in [-0.2, 0) is 4.84 Å². The van der Waals surface area contributed by atoms with Crippen molar-refractivity contribution in [2.45, 2.75) is 50.5 Å². The highest BCUT2D eigenvalue weighted by atomic mass is 16.6. The molecule has 136 valence electrons. The Balaban J connectivity index is 1.66. The fourth-order valence-corrected chi connectivity index (χ4v) is 4.77. The van der Waals surface area contributed by atoms with Crippen LogP contribution in [0, 0.1) is 11.3 Å². The van der Waals surface area contributed by atoms with Gasteiger partial charge >= 0.3 is 0 Å². The van der Waals surface area contributed by atoms with Crippen LogP contribution in [0.2, 0.25) is 0 Å². The Morgan fingerprint density at radius 3 is 2.84 bits per heavy atom. The van der Waals surface area contributed by atoms with E-state index in [1.54, 1.807) is 6.21 Å². The quantitative estimate of drug-likeness (QED) is 0.471. The molecule has 0 heterocycles. The number of nitrogens with zero attached hydrogens (tertiary/aromatic N) is 1. The zero-order valence-corrected chi connectivity index (χ0v) is 15.1. The second kappa shape index (κ2) is 7.71. The average molecular weight is 342 g/mol. The summed E-state index contributed by atoms with van der Waals surface area (Å²) in [6.07, 6.45) is 10.8. The van der Waals surface area contributed by atoms with Crippen LogP contribution in [0.15, 0.2) is 47.6 Å². The number of hydrogen-bond acceptors (Lipinski definition) is 4. The molecule has 2 saturated carbocycles. The highest BCUT2D eigenvalue weighted by Gasteiger charge is 2.58. The minimum Gasteiger partial charge on any atom is -0.394 e. The predicted molar refractivity (Wildman–Crippen MR) is 101 cm³/mol. The molecule has 2 aliphatic carbocycles. The van der Waals surface area contributed by atoms with Gasteiger partial charge in [0, 0.05) is 12.0 Å². The molecule has 0 saturated heterocycles. The molecule has 2 fully saturated rings. The van der Waals surface area contributed by atoms with E-state index in [-0.39, 0.29) is 5.41 Å². The standard InChI is InChI=1S/C21H30N2O2/c1-20-11-9-18(17-6-3-2-4-7-17)16-21(20,24)12-10-19(20)8-5-14-23-25-15-13-22/h2-8,14,18-19,24H,9-13,15-16,22H2,1H3/b8-5+,23-14+/t18-,19-,20+,21-/m0/s1. The summed E-state index contributed by atoms with van der Waals surface area (Å²) in [4.78, 5) is 5.01. The third-order valence-electron chi connectivity index (χ3n) is 6.39. The summed E-state index contributed by atoms with van der Waals surface area (Å²) in [5.74, 6) is 0.850. The van der Waals surface area contributed by atoms with Gasteiger partial charge in [0.15, 0.2) is 0 Å². The highest BCUT2D eigenvalue weighted by Crippen LogP contribution is 2.60. The Bertz CT molecular complexity index is 616. The summed E-state index contributed by atoms with van der Waals surface area (Å²) in [6.45, 7) is 3.17. The van der Waals surface area contributed by atoms with Crippen LogP contribution in [0.25, 0.3) is 0 Å². The lowest BCUT2D eigenvalue weighted by Crippen LogP contribution is -2.49. The lowest BCUT2D eigenvalue weighted by Gasteiger charge is -2.49. The summed E-state index contributed by atoms with van der Waals surface area (Å²) < 4.78 is 0. The van der Waals surface area contributed by atoms with Crippen LogP contribution < -0.4 is 5.73 Å². The molecule has 3 rings (SSSR count). The van der Waals surface area contributed by atoms with Crippen molar-refractivity contribution in [3.05, 3.63) is 48.0 Å². The molecule has 4 nitrogen and oxygen atoms in total. The first-order valence-corrected chi connectivity index (χ1v) is 9.38. The van der Waals surface area contributed by atoms with E-state index in [9.17, 15) is 5.11 Å². The van der Waals surface area contributed by atoms with E-state index in [1.165, 1.54) is 5.56 Å².